The van der Waals surface area contributed by atoms with E-state index in [2.05, 4.69) is 0 Å². The lowest BCUT2D eigenvalue weighted by Gasteiger charge is -2.24. The SMILES string of the molecule is CCCCN(CC(F)(F)F)C(=O)c1ccc(F)c(S(=O)(=O)N(C)C)c1. The minimum Gasteiger partial charge on any atom is -0.330 e. The van der Waals surface area contributed by atoms with Gasteiger partial charge in [0, 0.05) is 26.2 Å². The van der Waals surface area contributed by atoms with E-state index in [-0.39, 0.29) is 12.1 Å². The predicted octanol–water partition coefficient (Wildman–Crippen LogP) is 2.88. The summed E-state index contributed by atoms with van der Waals surface area (Å²) in [6.07, 6.45) is -3.67. The molecule has 142 valence electrons. The summed E-state index contributed by atoms with van der Waals surface area (Å²) in [7, 11) is -1.81. The third-order valence-electron chi connectivity index (χ3n) is 3.38. The van der Waals surface area contributed by atoms with Gasteiger partial charge in [-0.05, 0) is 24.6 Å². The van der Waals surface area contributed by atoms with E-state index in [1.54, 1.807) is 6.92 Å². The molecule has 0 aliphatic rings. The van der Waals surface area contributed by atoms with E-state index in [0.29, 0.717) is 17.7 Å². The molecule has 0 aliphatic carbocycles. The number of alkyl halides is 3. The number of amides is 1. The van der Waals surface area contributed by atoms with Crippen LogP contribution in [0.1, 0.15) is 30.1 Å². The average Bonchev–Trinajstić information content (AvgIpc) is 2.49. The Kier molecular flexibility index (Phi) is 6.95. The second-order valence-corrected chi connectivity index (χ2v) is 7.75. The molecule has 0 saturated carbocycles. The molecule has 5 nitrogen and oxygen atoms in total. The molecular formula is C15H20F4N2O3S. The number of sulfonamides is 1. The summed E-state index contributed by atoms with van der Waals surface area (Å²) in [5.41, 5.74) is -0.317. The Hall–Kier alpha value is -1.68. The van der Waals surface area contributed by atoms with Crippen molar-refractivity contribution in [2.75, 3.05) is 27.2 Å². The van der Waals surface area contributed by atoms with Gasteiger partial charge in [-0.25, -0.2) is 17.1 Å². The van der Waals surface area contributed by atoms with Gasteiger partial charge in [-0.3, -0.25) is 4.79 Å². The van der Waals surface area contributed by atoms with Crippen LogP contribution in [0.4, 0.5) is 17.6 Å². The lowest BCUT2D eigenvalue weighted by Crippen LogP contribution is -2.39. The van der Waals surface area contributed by atoms with Crippen molar-refractivity contribution in [1.82, 2.24) is 9.21 Å². The van der Waals surface area contributed by atoms with Crippen molar-refractivity contribution in [2.45, 2.75) is 30.8 Å². The number of hydrogen-bond acceptors (Lipinski definition) is 3. The molecule has 0 aliphatic heterocycles. The zero-order valence-corrected chi connectivity index (χ0v) is 14.9. The molecule has 0 aromatic heterocycles. The van der Waals surface area contributed by atoms with Crippen LogP contribution in [0.25, 0.3) is 0 Å². The molecule has 10 heteroatoms. The Balaban J connectivity index is 3.26. The Bertz CT molecular complexity index is 718. The standard InChI is InChI=1S/C15H20F4N2O3S/c1-4-5-8-21(10-15(17,18)19)14(22)11-6-7-12(16)13(9-11)25(23,24)20(2)3/h6-7,9H,4-5,8,10H2,1-3H3. The van der Waals surface area contributed by atoms with E-state index >= 15 is 0 Å². The lowest BCUT2D eigenvalue weighted by atomic mass is 10.2. The van der Waals surface area contributed by atoms with Gasteiger partial charge < -0.3 is 4.90 Å². The average molecular weight is 384 g/mol. The number of carbonyl (C=O) groups is 1. The largest absolute Gasteiger partial charge is 0.406 e. The maximum Gasteiger partial charge on any atom is 0.406 e. The van der Waals surface area contributed by atoms with E-state index in [1.807, 2.05) is 0 Å². The van der Waals surface area contributed by atoms with Gasteiger partial charge in [-0.2, -0.15) is 13.2 Å². The van der Waals surface area contributed by atoms with Crippen LogP contribution in [0.5, 0.6) is 0 Å². The molecule has 1 aromatic carbocycles. The number of unbranched alkanes of at least 4 members (excludes halogenated alkanes) is 1. The van der Waals surface area contributed by atoms with Crippen LogP contribution in [0.2, 0.25) is 0 Å². The first-order chi connectivity index (χ1) is 11.4. The van der Waals surface area contributed by atoms with Crippen LogP contribution in [-0.4, -0.2) is 56.9 Å². The van der Waals surface area contributed by atoms with Crippen LogP contribution >= 0.6 is 0 Å². The van der Waals surface area contributed by atoms with Gasteiger partial charge in [0.1, 0.15) is 17.3 Å². The molecular weight excluding hydrogens is 364 g/mol. The molecule has 0 bridgehead atoms. The molecule has 0 heterocycles. The van der Waals surface area contributed by atoms with Crippen LogP contribution < -0.4 is 0 Å². The van der Waals surface area contributed by atoms with Crippen molar-refractivity contribution < 1.29 is 30.8 Å². The number of rotatable bonds is 7. The first kappa shape index (κ1) is 21.4. The Morgan fingerprint density at radius 2 is 1.80 bits per heavy atom. The smallest absolute Gasteiger partial charge is 0.330 e. The Morgan fingerprint density at radius 1 is 1.20 bits per heavy atom. The molecule has 0 unspecified atom stereocenters. The fourth-order valence-corrected chi connectivity index (χ4v) is 3.01. The van der Waals surface area contributed by atoms with Gasteiger partial charge in [0.05, 0.1) is 0 Å². The summed E-state index contributed by atoms with van der Waals surface area (Å²) < 4.78 is 76.8. The highest BCUT2D eigenvalue weighted by atomic mass is 32.2. The zero-order valence-electron chi connectivity index (χ0n) is 14.1. The van der Waals surface area contributed by atoms with Crippen LogP contribution in [-0.2, 0) is 10.0 Å². The van der Waals surface area contributed by atoms with E-state index in [9.17, 15) is 30.8 Å². The van der Waals surface area contributed by atoms with E-state index in [4.69, 9.17) is 0 Å². The van der Waals surface area contributed by atoms with Crippen molar-refractivity contribution in [1.29, 1.82) is 0 Å². The second kappa shape index (κ2) is 8.13. The molecule has 0 N–H and O–H groups in total. The molecule has 1 rings (SSSR count). The number of carbonyl (C=O) groups excluding carboxylic acids is 1. The topological polar surface area (TPSA) is 57.7 Å². The normalized spacial score (nSPS) is 12.5. The molecule has 0 radical (unpaired) electrons. The summed E-state index contributed by atoms with van der Waals surface area (Å²) in [4.78, 5) is 12.2. The summed E-state index contributed by atoms with van der Waals surface area (Å²) >= 11 is 0. The summed E-state index contributed by atoms with van der Waals surface area (Å²) in [6, 6.07) is 2.50. The number of benzene rings is 1. The minimum atomic E-state index is -4.60. The van der Waals surface area contributed by atoms with E-state index in [1.165, 1.54) is 14.1 Å². The van der Waals surface area contributed by atoms with Crippen molar-refractivity contribution in [3.8, 4) is 0 Å². The van der Waals surface area contributed by atoms with Crippen molar-refractivity contribution in [3.05, 3.63) is 29.6 Å². The molecule has 0 spiro atoms. The number of nitrogens with zero attached hydrogens (tertiary/aromatic N) is 2. The second-order valence-electron chi connectivity index (χ2n) is 5.63. The van der Waals surface area contributed by atoms with Crippen LogP contribution in [0.15, 0.2) is 23.1 Å². The highest BCUT2D eigenvalue weighted by Gasteiger charge is 2.33. The van der Waals surface area contributed by atoms with E-state index < -0.39 is 39.4 Å². The van der Waals surface area contributed by atoms with Gasteiger partial charge >= 0.3 is 6.18 Å². The summed E-state index contributed by atoms with van der Waals surface area (Å²) in [5.74, 6) is -2.08. The predicted molar refractivity (Wildman–Crippen MR) is 84.1 cm³/mol. The maximum absolute atomic E-state index is 13.9. The number of halogens is 4. The zero-order chi connectivity index (χ0) is 19.4. The highest BCUT2D eigenvalue weighted by Crippen LogP contribution is 2.22. The monoisotopic (exact) mass is 384 g/mol. The first-order valence-corrected chi connectivity index (χ1v) is 8.92. The quantitative estimate of drug-likeness (QED) is 0.680. The fourth-order valence-electron chi connectivity index (χ4n) is 2.03. The summed E-state index contributed by atoms with van der Waals surface area (Å²) in [5, 5.41) is 0. The van der Waals surface area contributed by atoms with Gasteiger partial charge in [0.15, 0.2) is 0 Å². The fraction of sp³-hybridized carbons (Fsp3) is 0.533. The van der Waals surface area contributed by atoms with Crippen molar-refractivity contribution in [3.63, 3.8) is 0 Å². The van der Waals surface area contributed by atoms with Gasteiger partial charge in [-0.1, -0.05) is 13.3 Å². The summed E-state index contributed by atoms with van der Waals surface area (Å²) in [6.45, 7) is 0.164. The Labute approximate surface area is 144 Å². The van der Waals surface area contributed by atoms with E-state index in [0.717, 1.165) is 22.5 Å². The van der Waals surface area contributed by atoms with Gasteiger partial charge in [0.25, 0.3) is 5.91 Å². The molecule has 0 fully saturated rings. The third-order valence-corrected chi connectivity index (χ3v) is 5.21. The van der Waals surface area contributed by atoms with Crippen LogP contribution in [0, 0.1) is 5.82 Å². The van der Waals surface area contributed by atoms with Crippen molar-refractivity contribution >= 4 is 15.9 Å². The highest BCUT2D eigenvalue weighted by molar-refractivity contribution is 7.89. The minimum absolute atomic E-state index is 0.137. The Morgan fingerprint density at radius 3 is 2.28 bits per heavy atom. The molecule has 0 saturated heterocycles. The number of hydrogen-bond donors (Lipinski definition) is 0. The lowest BCUT2D eigenvalue weighted by molar-refractivity contribution is -0.140. The first-order valence-electron chi connectivity index (χ1n) is 7.48. The molecule has 25 heavy (non-hydrogen) atoms. The van der Waals surface area contributed by atoms with Crippen LogP contribution in [0.3, 0.4) is 0 Å². The molecule has 1 amide bonds. The molecule has 0 atom stereocenters. The maximum atomic E-state index is 13.9. The third kappa shape index (κ3) is 5.67. The van der Waals surface area contributed by atoms with Gasteiger partial charge in [0.2, 0.25) is 10.0 Å². The van der Waals surface area contributed by atoms with Crippen molar-refractivity contribution in [2.24, 2.45) is 0 Å². The molecule has 1 aromatic rings. The van der Waals surface area contributed by atoms with Gasteiger partial charge in [-0.15, -0.1) is 0 Å².